The molecule has 0 aliphatic carbocycles. The third-order valence-corrected chi connectivity index (χ3v) is 2.87. The van der Waals surface area contributed by atoms with Gasteiger partial charge in [-0.05, 0) is 31.9 Å². The van der Waals surface area contributed by atoms with E-state index < -0.39 is 0 Å². The van der Waals surface area contributed by atoms with E-state index in [4.69, 9.17) is 5.11 Å². The molecule has 0 aliphatic rings. The van der Waals surface area contributed by atoms with Gasteiger partial charge < -0.3 is 10.4 Å². The van der Waals surface area contributed by atoms with Gasteiger partial charge in [0.15, 0.2) is 0 Å². The highest BCUT2D eigenvalue weighted by Gasteiger charge is 1.94. The molecule has 0 aromatic rings. The Morgan fingerprint density at radius 1 is 1.11 bits per heavy atom. The molecule has 0 aromatic heterocycles. The Balaban J connectivity index is 3.16. The van der Waals surface area contributed by atoms with Crippen molar-refractivity contribution in [1.82, 2.24) is 10.6 Å². The number of hydrogen-bond acceptors (Lipinski definition) is 3. The monoisotopic (exact) mass is 270 g/mol. The fraction of sp³-hybridized carbons (Fsp3) is 0.800. The second kappa shape index (κ2) is 15.2. The summed E-state index contributed by atoms with van der Waals surface area (Å²) in [6, 6.07) is 0. The fourth-order valence-corrected chi connectivity index (χ4v) is 1.72. The molecule has 4 nitrogen and oxygen atoms in total. The van der Waals surface area contributed by atoms with Crippen molar-refractivity contribution in [2.75, 3.05) is 19.8 Å². The van der Waals surface area contributed by atoms with Crippen molar-refractivity contribution >= 4 is 5.91 Å². The zero-order chi connectivity index (χ0) is 14.2. The number of carbonyl (C=O) groups is 1. The summed E-state index contributed by atoms with van der Waals surface area (Å²) in [5, 5.41) is 14.6. The molecule has 19 heavy (non-hydrogen) atoms. The first-order chi connectivity index (χ1) is 9.31. The summed E-state index contributed by atoms with van der Waals surface area (Å²) < 4.78 is 0. The molecule has 4 heteroatoms. The molecule has 0 fully saturated rings. The Kier molecular flexibility index (Phi) is 14.5. The number of hydrogen-bond donors (Lipinski definition) is 3. The lowest BCUT2D eigenvalue weighted by molar-refractivity contribution is -0.116. The molecule has 0 unspecified atom stereocenters. The molecule has 0 aromatic carbocycles. The van der Waals surface area contributed by atoms with E-state index in [1.165, 1.54) is 19.3 Å². The molecule has 112 valence electrons. The molecule has 0 spiro atoms. The van der Waals surface area contributed by atoms with E-state index in [0.29, 0.717) is 13.3 Å². The van der Waals surface area contributed by atoms with Crippen LogP contribution in [0.3, 0.4) is 0 Å². The molecule has 1 amide bonds. The standard InChI is InChI=1S/C15H30N2O2/c1-2-3-8-11-15(19)17-14-16-12-9-6-4-5-7-10-13-18/h8,11,16,18H,2-7,9-10,12-14H2,1H3,(H,17,19)/b11-8+. The lowest BCUT2D eigenvalue weighted by atomic mass is 10.1. The van der Waals surface area contributed by atoms with Gasteiger partial charge in [0.25, 0.3) is 0 Å². The van der Waals surface area contributed by atoms with Gasteiger partial charge in [-0.3, -0.25) is 10.1 Å². The van der Waals surface area contributed by atoms with Crippen molar-refractivity contribution in [2.24, 2.45) is 0 Å². The topological polar surface area (TPSA) is 61.4 Å². The van der Waals surface area contributed by atoms with E-state index in [0.717, 1.165) is 38.6 Å². The minimum absolute atomic E-state index is 0.0232. The van der Waals surface area contributed by atoms with Crippen molar-refractivity contribution < 1.29 is 9.90 Å². The van der Waals surface area contributed by atoms with Crippen molar-refractivity contribution in [1.29, 1.82) is 0 Å². The van der Waals surface area contributed by atoms with Gasteiger partial charge in [-0.1, -0.05) is 45.1 Å². The van der Waals surface area contributed by atoms with Crippen molar-refractivity contribution in [3.8, 4) is 0 Å². The van der Waals surface area contributed by atoms with E-state index in [2.05, 4.69) is 17.6 Å². The number of rotatable bonds is 13. The summed E-state index contributed by atoms with van der Waals surface area (Å²) in [6.45, 7) is 3.89. The number of nitrogens with one attached hydrogen (secondary N) is 2. The van der Waals surface area contributed by atoms with E-state index >= 15 is 0 Å². The number of amides is 1. The number of carbonyl (C=O) groups excluding carboxylic acids is 1. The smallest absolute Gasteiger partial charge is 0.244 e. The Morgan fingerprint density at radius 3 is 2.47 bits per heavy atom. The van der Waals surface area contributed by atoms with Crippen molar-refractivity contribution in [3.05, 3.63) is 12.2 Å². The normalized spacial score (nSPS) is 11.1. The van der Waals surface area contributed by atoms with Crippen LogP contribution in [0.15, 0.2) is 12.2 Å². The predicted molar refractivity (Wildman–Crippen MR) is 79.8 cm³/mol. The summed E-state index contributed by atoms with van der Waals surface area (Å²) in [4.78, 5) is 11.3. The fourth-order valence-electron chi connectivity index (χ4n) is 1.72. The van der Waals surface area contributed by atoms with Crippen LogP contribution in [0.1, 0.15) is 58.3 Å². The van der Waals surface area contributed by atoms with Crippen LogP contribution >= 0.6 is 0 Å². The molecule has 0 rings (SSSR count). The molecule has 3 N–H and O–H groups in total. The molecular formula is C15H30N2O2. The van der Waals surface area contributed by atoms with Gasteiger partial charge in [0.2, 0.25) is 5.91 Å². The largest absolute Gasteiger partial charge is 0.396 e. The third kappa shape index (κ3) is 15.1. The number of allylic oxidation sites excluding steroid dienone is 1. The third-order valence-electron chi connectivity index (χ3n) is 2.87. The molecule has 0 atom stereocenters. The van der Waals surface area contributed by atoms with Crippen LogP contribution in [-0.4, -0.2) is 30.8 Å². The van der Waals surface area contributed by atoms with Crippen LogP contribution in [0.5, 0.6) is 0 Å². The van der Waals surface area contributed by atoms with Crippen LogP contribution < -0.4 is 10.6 Å². The summed E-state index contributed by atoms with van der Waals surface area (Å²) in [6.07, 6.45) is 12.4. The SMILES string of the molecule is CCC/C=C/C(=O)NCNCCCCCCCCO. The maximum atomic E-state index is 11.3. The first kappa shape index (κ1) is 18.1. The van der Waals surface area contributed by atoms with E-state index in [9.17, 15) is 4.79 Å². The average Bonchev–Trinajstić information content (AvgIpc) is 2.41. The molecular weight excluding hydrogens is 240 g/mol. The van der Waals surface area contributed by atoms with Crippen LogP contribution in [0, 0.1) is 0 Å². The van der Waals surface area contributed by atoms with Gasteiger partial charge in [0.1, 0.15) is 0 Å². The van der Waals surface area contributed by atoms with E-state index in [1.807, 2.05) is 6.08 Å². The molecule has 0 radical (unpaired) electrons. The summed E-state index contributed by atoms with van der Waals surface area (Å²) in [7, 11) is 0. The maximum absolute atomic E-state index is 11.3. The molecule has 0 heterocycles. The number of aliphatic hydroxyl groups excluding tert-OH is 1. The average molecular weight is 270 g/mol. The first-order valence-corrected chi connectivity index (χ1v) is 7.57. The molecule has 0 aliphatic heterocycles. The summed E-state index contributed by atoms with van der Waals surface area (Å²) in [5.41, 5.74) is 0. The van der Waals surface area contributed by atoms with Gasteiger partial charge in [-0.2, -0.15) is 0 Å². The number of aliphatic hydroxyl groups is 1. The highest BCUT2D eigenvalue weighted by Crippen LogP contribution is 2.04. The van der Waals surface area contributed by atoms with Crippen LogP contribution in [0.2, 0.25) is 0 Å². The lowest BCUT2D eigenvalue weighted by Gasteiger charge is -2.05. The van der Waals surface area contributed by atoms with Gasteiger partial charge in [-0.25, -0.2) is 0 Å². The molecule has 0 bridgehead atoms. The lowest BCUT2D eigenvalue weighted by Crippen LogP contribution is -2.33. The zero-order valence-electron chi connectivity index (χ0n) is 12.3. The van der Waals surface area contributed by atoms with E-state index in [-0.39, 0.29) is 5.91 Å². The summed E-state index contributed by atoms with van der Waals surface area (Å²) in [5.74, 6) is -0.0232. The van der Waals surface area contributed by atoms with Gasteiger partial charge in [0, 0.05) is 6.61 Å². The zero-order valence-corrected chi connectivity index (χ0v) is 12.3. The Morgan fingerprint density at radius 2 is 1.79 bits per heavy atom. The predicted octanol–water partition coefficient (Wildman–Crippen LogP) is 2.34. The summed E-state index contributed by atoms with van der Waals surface area (Å²) >= 11 is 0. The molecule has 0 saturated heterocycles. The Labute approximate surface area is 117 Å². The van der Waals surface area contributed by atoms with Crippen LogP contribution in [-0.2, 0) is 4.79 Å². The minimum atomic E-state index is -0.0232. The van der Waals surface area contributed by atoms with Crippen molar-refractivity contribution in [3.63, 3.8) is 0 Å². The maximum Gasteiger partial charge on any atom is 0.244 e. The first-order valence-electron chi connectivity index (χ1n) is 7.57. The number of unbranched alkanes of at least 4 members (excludes halogenated alkanes) is 6. The van der Waals surface area contributed by atoms with Gasteiger partial charge in [-0.15, -0.1) is 0 Å². The molecule has 0 saturated carbocycles. The van der Waals surface area contributed by atoms with Crippen LogP contribution in [0.4, 0.5) is 0 Å². The highest BCUT2D eigenvalue weighted by molar-refractivity contribution is 5.87. The minimum Gasteiger partial charge on any atom is -0.396 e. The highest BCUT2D eigenvalue weighted by atomic mass is 16.2. The Bertz CT molecular complexity index is 230. The van der Waals surface area contributed by atoms with Crippen molar-refractivity contribution in [2.45, 2.75) is 58.3 Å². The Hall–Kier alpha value is -0.870. The second-order valence-corrected chi connectivity index (χ2v) is 4.75. The quantitative estimate of drug-likeness (QED) is 0.273. The second-order valence-electron chi connectivity index (χ2n) is 4.75. The van der Waals surface area contributed by atoms with Gasteiger partial charge >= 0.3 is 0 Å². The van der Waals surface area contributed by atoms with Gasteiger partial charge in [0.05, 0.1) is 6.67 Å². The van der Waals surface area contributed by atoms with Crippen LogP contribution in [0.25, 0.3) is 0 Å². The van der Waals surface area contributed by atoms with E-state index in [1.54, 1.807) is 6.08 Å².